The Kier molecular flexibility index (Phi) is 5.89. The molecule has 1 aromatic carbocycles. The number of likely N-dealkylation sites (tertiary alicyclic amines) is 1. The smallest absolute Gasteiger partial charge is 0.267 e. The highest BCUT2D eigenvalue weighted by atomic mass is 16.5. The van der Waals surface area contributed by atoms with Crippen LogP contribution in [0.5, 0.6) is 5.75 Å². The summed E-state index contributed by atoms with van der Waals surface area (Å²) >= 11 is 0. The van der Waals surface area contributed by atoms with Crippen molar-refractivity contribution in [1.29, 1.82) is 0 Å². The summed E-state index contributed by atoms with van der Waals surface area (Å²) in [4.78, 5) is 10.6. The number of benzene rings is 1. The van der Waals surface area contributed by atoms with Crippen molar-refractivity contribution >= 4 is 0 Å². The number of aromatic nitrogens is 4. The number of ether oxygens (including phenoxy) is 2. The molecule has 1 atom stereocenters. The quantitative estimate of drug-likeness (QED) is 0.550. The van der Waals surface area contributed by atoms with Crippen LogP contribution in [0.25, 0.3) is 11.6 Å². The second-order valence-electron chi connectivity index (χ2n) is 6.75. The predicted octanol–water partition coefficient (Wildman–Crippen LogP) is 2.54. The van der Waals surface area contributed by atoms with Crippen LogP contribution in [0.15, 0.2) is 47.3 Å². The lowest BCUT2D eigenvalue weighted by atomic mass is 10.1. The van der Waals surface area contributed by atoms with Crippen LogP contribution in [0.3, 0.4) is 0 Å². The second-order valence-corrected chi connectivity index (χ2v) is 6.75. The highest BCUT2D eigenvalue weighted by molar-refractivity contribution is 5.43. The monoisotopic (exact) mass is 381 g/mol. The van der Waals surface area contributed by atoms with Crippen LogP contribution in [-0.4, -0.2) is 58.5 Å². The minimum Gasteiger partial charge on any atom is -0.491 e. The number of hydrogen-bond acceptors (Lipinski definition) is 8. The van der Waals surface area contributed by atoms with Crippen molar-refractivity contribution in [2.75, 3.05) is 33.4 Å². The molecule has 0 amide bonds. The largest absolute Gasteiger partial charge is 0.491 e. The molecule has 0 aliphatic carbocycles. The molecule has 8 heteroatoms. The third kappa shape index (κ3) is 4.52. The molecule has 146 valence electrons. The summed E-state index contributed by atoms with van der Waals surface area (Å²) < 4.78 is 16.6. The second kappa shape index (κ2) is 8.90. The summed E-state index contributed by atoms with van der Waals surface area (Å²) in [6.45, 7) is 3.87. The molecule has 2 aromatic heterocycles. The lowest BCUT2D eigenvalue weighted by Crippen LogP contribution is -2.19. The molecule has 0 radical (unpaired) electrons. The number of nitrogens with zero attached hydrogens (tertiary/aromatic N) is 5. The van der Waals surface area contributed by atoms with E-state index in [0.717, 1.165) is 31.8 Å². The van der Waals surface area contributed by atoms with Crippen LogP contribution < -0.4 is 4.74 Å². The fraction of sp³-hybridized carbons (Fsp3) is 0.400. The molecule has 1 aliphatic rings. The average molecular weight is 381 g/mol. The molecule has 0 spiro atoms. The predicted molar refractivity (Wildman–Crippen MR) is 102 cm³/mol. The number of hydrogen-bond donors (Lipinski definition) is 0. The molecule has 0 unspecified atom stereocenters. The zero-order chi connectivity index (χ0) is 19.2. The van der Waals surface area contributed by atoms with E-state index in [4.69, 9.17) is 13.9 Å². The van der Waals surface area contributed by atoms with Gasteiger partial charge in [0.15, 0.2) is 0 Å². The molecular formula is C20H23N5O3. The first-order chi connectivity index (χ1) is 13.8. The number of methoxy groups -OCH3 is 1. The van der Waals surface area contributed by atoms with E-state index >= 15 is 0 Å². The minimum absolute atomic E-state index is 0.235. The van der Waals surface area contributed by atoms with Gasteiger partial charge in [0.05, 0.1) is 18.7 Å². The van der Waals surface area contributed by atoms with Crippen LogP contribution >= 0.6 is 0 Å². The van der Waals surface area contributed by atoms with Crippen molar-refractivity contribution in [2.45, 2.75) is 18.9 Å². The third-order valence-electron chi connectivity index (χ3n) is 4.71. The molecular weight excluding hydrogens is 358 g/mol. The van der Waals surface area contributed by atoms with Crippen molar-refractivity contribution in [1.82, 2.24) is 25.1 Å². The van der Waals surface area contributed by atoms with E-state index in [1.807, 2.05) is 12.1 Å². The Morgan fingerprint density at radius 3 is 3.04 bits per heavy atom. The van der Waals surface area contributed by atoms with E-state index < -0.39 is 0 Å². The van der Waals surface area contributed by atoms with Gasteiger partial charge in [-0.3, -0.25) is 9.88 Å². The van der Waals surface area contributed by atoms with Crippen LogP contribution in [0, 0.1) is 0 Å². The zero-order valence-corrected chi connectivity index (χ0v) is 15.8. The summed E-state index contributed by atoms with van der Waals surface area (Å²) in [5, 5.41) is 8.35. The van der Waals surface area contributed by atoms with Gasteiger partial charge in [0, 0.05) is 32.6 Å². The molecule has 0 N–H and O–H groups in total. The molecule has 1 fully saturated rings. The van der Waals surface area contributed by atoms with Gasteiger partial charge in [-0.25, -0.2) is 4.98 Å². The third-order valence-corrected chi connectivity index (χ3v) is 4.71. The first-order valence-electron chi connectivity index (χ1n) is 9.34. The Morgan fingerprint density at radius 2 is 2.18 bits per heavy atom. The molecule has 0 bridgehead atoms. The van der Waals surface area contributed by atoms with Gasteiger partial charge in [-0.15, -0.1) is 10.2 Å². The lowest BCUT2D eigenvalue weighted by Gasteiger charge is -2.16. The van der Waals surface area contributed by atoms with Gasteiger partial charge in [-0.2, -0.15) is 0 Å². The minimum atomic E-state index is 0.235. The summed E-state index contributed by atoms with van der Waals surface area (Å²) in [5.74, 6) is 2.19. The van der Waals surface area contributed by atoms with E-state index in [0.29, 0.717) is 30.7 Å². The molecule has 1 aliphatic heterocycles. The van der Waals surface area contributed by atoms with Crippen molar-refractivity contribution in [3.05, 3.63) is 54.3 Å². The Bertz CT molecular complexity index is 886. The fourth-order valence-corrected chi connectivity index (χ4v) is 3.33. The van der Waals surface area contributed by atoms with Gasteiger partial charge >= 0.3 is 0 Å². The number of rotatable bonds is 8. The maximum absolute atomic E-state index is 5.84. The van der Waals surface area contributed by atoms with E-state index in [9.17, 15) is 0 Å². The topological polar surface area (TPSA) is 86.4 Å². The van der Waals surface area contributed by atoms with Crippen molar-refractivity contribution in [3.8, 4) is 17.3 Å². The van der Waals surface area contributed by atoms with Gasteiger partial charge in [0.1, 0.15) is 18.1 Å². The molecule has 3 heterocycles. The van der Waals surface area contributed by atoms with E-state index in [1.54, 1.807) is 25.7 Å². The van der Waals surface area contributed by atoms with Crippen molar-refractivity contribution in [3.63, 3.8) is 0 Å². The van der Waals surface area contributed by atoms with Gasteiger partial charge in [-0.05, 0) is 30.7 Å². The Balaban J connectivity index is 1.35. The molecule has 3 aromatic rings. The van der Waals surface area contributed by atoms with E-state index in [1.165, 1.54) is 5.56 Å². The first-order valence-corrected chi connectivity index (χ1v) is 9.34. The summed E-state index contributed by atoms with van der Waals surface area (Å²) in [6.07, 6.45) is 5.85. The first kappa shape index (κ1) is 18.5. The molecule has 0 saturated carbocycles. The van der Waals surface area contributed by atoms with Gasteiger partial charge < -0.3 is 13.9 Å². The van der Waals surface area contributed by atoms with E-state index in [2.05, 4.69) is 37.2 Å². The lowest BCUT2D eigenvalue weighted by molar-refractivity contribution is 0.146. The zero-order valence-electron chi connectivity index (χ0n) is 15.8. The normalized spacial score (nSPS) is 17.1. The van der Waals surface area contributed by atoms with E-state index in [-0.39, 0.29) is 5.92 Å². The molecule has 28 heavy (non-hydrogen) atoms. The van der Waals surface area contributed by atoms with Crippen LogP contribution in [-0.2, 0) is 11.3 Å². The Morgan fingerprint density at radius 1 is 1.21 bits per heavy atom. The Hall–Kier alpha value is -2.84. The molecule has 4 rings (SSSR count). The summed E-state index contributed by atoms with van der Waals surface area (Å²) in [5.41, 5.74) is 1.82. The maximum Gasteiger partial charge on any atom is 0.267 e. The SMILES string of the molecule is COCCOc1cccc(CN2CC[C@@H](c3nnc(-c4cnccn4)o3)C2)c1. The Labute approximate surface area is 163 Å². The van der Waals surface area contributed by atoms with Gasteiger partial charge in [-0.1, -0.05) is 12.1 Å². The highest BCUT2D eigenvalue weighted by Gasteiger charge is 2.28. The van der Waals surface area contributed by atoms with Gasteiger partial charge in [0.25, 0.3) is 5.89 Å². The molecule has 1 saturated heterocycles. The van der Waals surface area contributed by atoms with Crippen molar-refractivity contribution < 1.29 is 13.9 Å². The molecule has 8 nitrogen and oxygen atoms in total. The highest BCUT2D eigenvalue weighted by Crippen LogP contribution is 2.29. The maximum atomic E-state index is 5.84. The van der Waals surface area contributed by atoms with Crippen LogP contribution in [0.1, 0.15) is 23.8 Å². The van der Waals surface area contributed by atoms with Crippen LogP contribution in [0.4, 0.5) is 0 Å². The summed E-state index contributed by atoms with van der Waals surface area (Å²) in [6, 6.07) is 8.20. The van der Waals surface area contributed by atoms with Crippen molar-refractivity contribution in [2.24, 2.45) is 0 Å². The average Bonchev–Trinajstić information content (AvgIpc) is 3.39. The standard InChI is InChI=1S/C20H23N5O3/c1-26-9-10-27-17-4-2-3-15(11-17)13-25-8-5-16(14-25)19-23-24-20(28-19)18-12-21-6-7-22-18/h2-4,6-7,11-12,16H,5,8-10,13-14H2,1H3/t16-/m1/s1. The van der Waals surface area contributed by atoms with Gasteiger partial charge in [0.2, 0.25) is 5.89 Å². The van der Waals surface area contributed by atoms with Crippen LogP contribution in [0.2, 0.25) is 0 Å². The fourth-order valence-electron chi connectivity index (χ4n) is 3.33. The summed E-state index contributed by atoms with van der Waals surface area (Å²) in [7, 11) is 1.67.